The number of benzene rings is 1. The van der Waals surface area contributed by atoms with Crippen LogP contribution in [-0.4, -0.2) is 48.7 Å². The van der Waals surface area contributed by atoms with E-state index in [9.17, 15) is 13.2 Å². The van der Waals surface area contributed by atoms with Crippen molar-refractivity contribution in [1.82, 2.24) is 9.80 Å². The first-order valence-corrected chi connectivity index (χ1v) is 7.47. The number of likely N-dealkylation sites (N-methyl/N-ethyl adjacent to an activating group) is 1. The van der Waals surface area contributed by atoms with E-state index in [0.29, 0.717) is 12.6 Å². The first kappa shape index (κ1) is 16.3. The van der Waals surface area contributed by atoms with E-state index in [4.69, 9.17) is 0 Å². The fraction of sp³-hybridized carbons (Fsp3) is 0.625. The second-order valence-corrected chi connectivity index (χ2v) is 5.86. The van der Waals surface area contributed by atoms with Gasteiger partial charge in [-0.25, -0.2) is 0 Å². The second kappa shape index (κ2) is 7.27. The van der Waals surface area contributed by atoms with Crippen LogP contribution >= 0.6 is 0 Å². The van der Waals surface area contributed by atoms with Gasteiger partial charge in [0, 0.05) is 32.1 Å². The van der Waals surface area contributed by atoms with Crippen LogP contribution < -0.4 is 0 Å². The number of nitrogens with zero attached hydrogens (tertiary/aromatic N) is 2. The highest BCUT2D eigenvalue weighted by atomic mass is 19.4. The molecule has 1 aliphatic rings. The molecular weight excluding hydrogens is 277 g/mol. The van der Waals surface area contributed by atoms with E-state index in [2.05, 4.69) is 21.9 Å². The molecule has 5 heteroatoms. The quantitative estimate of drug-likeness (QED) is 0.793. The Hall–Kier alpha value is -1.07. The predicted molar refractivity (Wildman–Crippen MR) is 78.0 cm³/mol. The summed E-state index contributed by atoms with van der Waals surface area (Å²) in [4.78, 5) is 4.46. The van der Waals surface area contributed by atoms with Crippen LogP contribution in [0.2, 0.25) is 0 Å². The zero-order valence-corrected chi connectivity index (χ0v) is 12.4. The molecule has 0 radical (unpaired) electrons. The summed E-state index contributed by atoms with van der Waals surface area (Å²) in [6, 6.07) is 10.7. The molecule has 1 fully saturated rings. The molecule has 1 aromatic carbocycles. The fourth-order valence-electron chi connectivity index (χ4n) is 2.87. The highest BCUT2D eigenvalue weighted by molar-refractivity contribution is 5.14. The average Bonchev–Trinajstić information content (AvgIpc) is 2.87. The van der Waals surface area contributed by atoms with Gasteiger partial charge in [0.1, 0.15) is 0 Å². The van der Waals surface area contributed by atoms with Crippen LogP contribution in [0.5, 0.6) is 0 Å². The lowest BCUT2D eigenvalue weighted by Crippen LogP contribution is -2.35. The molecule has 118 valence electrons. The molecule has 0 saturated carbocycles. The van der Waals surface area contributed by atoms with Gasteiger partial charge in [-0.05, 0) is 32.0 Å². The van der Waals surface area contributed by atoms with Crippen LogP contribution in [0.3, 0.4) is 0 Å². The molecule has 0 amide bonds. The summed E-state index contributed by atoms with van der Waals surface area (Å²) >= 11 is 0. The molecule has 0 N–H and O–H groups in total. The number of hydrogen-bond donors (Lipinski definition) is 0. The lowest BCUT2D eigenvalue weighted by Gasteiger charge is -2.25. The van der Waals surface area contributed by atoms with Gasteiger partial charge >= 0.3 is 6.18 Å². The summed E-state index contributed by atoms with van der Waals surface area (Å²) in [6.07, 6.45) is -3.49. The molecule has 1 saturated heterocycles. The molecule has 2 nitrogen and oxygen atoms in total. The third kappa shape index (κ3) is 5.67. The van der Waals surface area contributed by atoms with E-state index in [1.165, 1.54) is 5.56 Å². The van der Waals surface area contributed by atoms with Crippen molar-refractivity contribution in [3.05, 3.63) is 35.9 Å². The van der Waals surface area contributed by atoms with Gasteiger partial charge in [0.15, 0.2) is 0 Å². The predicted octanol–water partition coefficient (Wildman–Crippen LogP) is 3.54. The van der Waals surface area contributed by atoms with Gasteiger partial charge in [-0.3, -0.25) is 4.90 Å². The Balaban J connectivity index is 1.71. The topological polar surface area (TPSA) is 6.48 Å². The van der Waals surface area contributed by atoms with Gasteiger partial charge in [-0.2, -0.15) is 13.2 Å². The van der Waals surface area contributed by atoms with E-state index >= 15 is 0 Å². The molecule has 0 spiro atoms. The number of likely N-dealkylation sites (tertiary alicyclic amines) is 1. The van der Waals surface area contributed by atoms with E-state index < -0.39 is 12.6 Å². The monoisotopic (exact) mass is 300 g/mol. The molecule has 1 heterocycles. The molecule has 21 heavy (non-hydrogen) atoms. The van der Waals surface area contributed by atoms with Crippen LogP contribution in [0.1, 0.15) is 24.8 Å². The largest absolute Gasteiger partial charge is 0.389 e. The van der Waals surface area contributed by atoms with Gasteiger partial charge in [0.2, 0.25) is 0 Å². The minimum Gasteiger partial charge on any atom is -0.302 e. The zero-order chi connectivity index (χ0) is 15.3. The van der Waals surface area contributed by atoms with E-state index in [0.717, 1.165) is 26.1 Å². The van der Waals surface area contributed by atoms with Crippen LogP contribution in [-0.2, 0) is 6.54 Å². The van der Waals surface area contributed by atoms with Crippen LogP contribution in [0.25, 0.3) is 0 Å². The third-order valence-electron chi connectivity index (χ3n) is 4.09. The smallest absolute Gasteiger partial charge is 0.302 e. The van der Waals surface area contributed by atoms with E-state index in [-0.39, 0.29) is 6.42 Å². The van der Waals surface area contributed by atoms with Crippen molar-refractivity contribution < 1.29 is 13.2 Å². The molecule has 0 aliphatic carbocycles. The number of halogens is 3. The summed E-state index contributed by atoms with van der Waals surface area (Å²) in [5, 5.41) is 0. The summed E-state index contributed by atoms with van der Waals surface area (Å²) in [5.41, 5.74) is 1.29. The maximum atomic E-state index is 12.2. The Labute approximate surface area is 124 Å². The molecule has 1 unspecified atom stereocenters. The lowest BCUT2D eigenvalue weighted by molar-refractivity contribution is -0.136. The molecule has 1 aromatic rings. The highest BCUT2D eigenvalue weighted by Crippen LogP contribution is 2.22. The van der Waals surface area contributed by atoms with Gasteiger partial charge in [0.05, 0.1) is 0 Å². The maximum absolute atomic E-state index is 12.2. The van der Waals surface area contributed by atoms with Gasteiger partial charge in [-0.1, -0.05) is 30.3 Å². The van der Waals surface area contributed by atoms with Crippen LogP contribution in [0.15, 0.2) is 30.3 Å². The number of rotatable bonds is 6. The Morgan fingerprint density at radius 3 is 2.62 bits per heavy atom. The van der Waals surface area contributed by atoms with Crippen LogP contribution in [0, 0.1) is 0 Å². The number of hydrogen-bond acceptors (Lipinski definition) is 2. The summed E-state index contributed by atoms with van der Waals surface area (Å²) in [6.45, 7) is 3.40. The minimum absolute atomic E-state index is 0.190. The minimum atomic E-state index is -4.03. The maximum Gasteiger partial charge on any atom is 0.389 e. The fourth-order valence-corrected chi connectivity index (χ4v) is 2.87. The first-order chi connectivity index (χ1) is 9.94. The first-order valence-electron chi connectivity index (χ1n) is 7.47. The normalized spacial score (nSPS) is 20.3. The third-order valence-corrected chi connectivity index (χ3v) is 4.09. The Kier molecular flexibility index (Phi) is 5.65. The molecule has 2 rings (SSSR count). The standard InChI is InChI=1S/C16H23F3N2/c1-20(10-5-9-16(17,18)19)15-8-11-21(13-15)12-14-6-3-2-4-7-14/h2-4,6-7,15H,5,8-13H2,1H3. The Bertz CT molecular complexity index is 419. The molecule has 0 aromatic heterocycles. The van der Waals surface area contributed by atoms with Crippen LogP contribution in [0.4, 0.5) is 13.2 Å². The Morgan fingerprint density at radius 1 is 1.24 bits per heavy atom. The van der Waals surface area contributed by atoms with Gasteiger partial charge in [-0.15, -0.1) is 0 Å². The van der Waals surface area contributed by atoms with Crippen molar-refractivity contribution in [2.24, 2.45) is 0 Å². The van der Waals surface area contributed by atoms with Crippen molar-refractivity contribution in [1.29, 1.82) is 0 Å². The molecule has 1 atom stereocenters. The number of alkyl halides is 3. The summed E-state index contributed by atoms with van der Waals surface area (Å²) in [7, 11) is 1.94. The van der Waals surface area contributed by atoms with Crippen molar-refractivity contribution in [2.45, 2.75) is 38.0 Å². The van der Waals surface area contributed by atoms with E-state index in [1.54, 1.807) is 0 Å². The van der Waals surface area contributed by atoms with Crippen molar-refractivity contribution >= 4 is 0 Å². The molecule has 1 aliphatic heterocycles. The SMILES string of the molecule is CN(CCCC(F)(F)F)C1CCN(Cc2ccccc2)C1. The summed E-state index contributed by atoms with van der Waals surface area (Å²) in [5.74, 6) is 0. The van der Waals surface area contributed by atoms with Gasteiger partial charge < -0.3 is 4.90 Å². The molecular formula is C16H23F3N2. The van der Waals surface area contributed by atoms with Crippen molar-refractivity contribution in [3.8, 4) is 0 Å². The Morgan fingerprint density at radius 2 is 1.95 bits per heavy atom. The van der Waals surface area contributed by atoms with Gasteiger partial charge in [0.25, 0.3) is 0 Å². The lowest BCUT2D eigenvalue weighted by atomic mass is 10.2. The molecule has 0 bridgehead atoms. The second-order valence-electron chi connectivity index (χ2n) is 5.86. The van der Waals surface area contributed by atoms with E-state index in [1.807, 2.05) is 25.2 Å². The highest BCUT2D eigenvalue weighted by Gasteiger charge is 2.28. The van der Waals surface area contributed by atoms with Crippen molar-refractivity contribution in [2.75, 3.05) is 26.7 Å². The van der Waals surface area contributed by atoms with Crippen molar-refractivity contribution in [3.63, 3.8) is 0 Å². The summed E-state index contributed by atoms with van der Waals surface area (Å²) < 4.78 is 36.5. The average molecular weight is 300 g/mol. The zero-order valence-electron chi connectivity index (χ0n) is 12.4.